The molecule has 1 unspecified atom stereocenters. The second kappa shape index (κ2) is 7.26. The van der Waals surface area contributed by atoms with Crippen LogP contribution in [0.4, 0.5) is 26.3 Å². The van der Waals surface area contributed by atoms with Crippen LogP contribution in [0.25, 0.3) is 0 Å². The van der Waals surface area contributed by atoms with Crippen molar-refractivity contribution in [2.75, 3.05) is 6.61 Å². The summed E-state index contributed by atoms with van der Waals surface area (Å²) < 4.78 is 77.1. The van der Waals surface area contributed by atoms with Crippen molar-refractivity contribution >= 4 is 6.29 Å². The highest BCUT2D eigenvalue weighted by molar-refractivity contribution is 5.74. The Morgan fingerprint density at radius 1 is 0.800 bits per heavy atom. The summed E-state index contributed by atoms with van der Waals surface area (Å²) in [5.74, 6) is 0. The Morgan fingerprint density at radius 2 is 1.20 bits per heavy atom. The van der Waals surface area contributed by atoms with Crippen molar-refractivity contribution in [1.82, 2.24) is 0 Å². The number of aldehydes is 1. The molecule has 0 aromatic heterocycles. The fourth-order valence-electron chi connectivity index (χ4n) is 1.88. The summed E-state index contributed by atoms with van der Waals surface area (Å²) in [7, 11) is 0. The molecule has 1 fully saturated rings. The van der Waals surface area contributed by atoms with Crippen molar-refractivity contribution in [2.24, 2.45) is 0 Å². The molecule has 1 saturated heterocycles. The van der Waals surface area contributed by atoms with Gasteiger partial charge in [0.05, 0.1) is 17.7 Å². The van der Waals surface area contributed by atoms with Crippen LogP contribution in [0.2, 0.25) is 0 Å². The summed E-state index contributed by atoms with van der Waals surface area (Å²) in [6.45, 7) is 0.616. The topological polar surface area (TPSA) is 29.6 Å². The largest absolute Gasteiger partial charge is 0.416 e. The maximum atomic E-state index is 12.1. The first kappa shape index (κ1) is 19.0. The molecule has 0 radical (unpaired) electrons. The van der Waals surface area contributed by atoms with Crippen LogP contribution in [-0.2, 0) is 17.1 Å². The molecular formula is C17H12F6O2. The number of epoxide rings is 1. The van der Waals surface area contributed by atoms with E-state index in [2.05, 4.69) is 0 Å². The lowest BCUT2D eigenvalue weighted by molar-refractivity contribution is -0.138. The van der Waals surface area contributed by atoms with Crippen LogP contribution in [0.1, 0.15) is 33.2 Å². The second-order valence-electron chi connectivity index (χ2n) is 5.18. The molecule has 1 atom stereocenters. The van der Waals surface area contributed by atoms with Gasteiger partial charge in [0.2, 0.25) is 0 Å². The molecule has 3 rings (SSSR count). The summed E-state index contributed by atoms with van der Waals surface area (Å²) in [6.07, 6.45) is -8.06. The van der Waals surface area contributed by atoms with Gasteiger partial charge in [0, 0.05) is 5.56 Å². The van der Waals surface area contributed by atoms with Crippen molar-refractivity contribution in [1.29, 1.82) is 0 Å². The lowest BCUT2D eigenvalue weighted by Crippen LogP contribution is -2.04. The van der Waals surface area contributed by atoms with Crippen LogP contribution in [0.3, 0.4) is 0 Å². The van der Waals surface area contributed by atoms with E-state index in [1.54, 1.807) is 0 Å². The van der Waals surface area contributed by atoms with Gasteiger partial charge in [-0.1, -0.05) is 24.3 Å². The average Bonchev–Trinajstić information content (AvgIpc) is 3.39. The summed E-state index contributed by atoms with van der Waals surface area (Å²) in [5.41, 5.74) is -0.305. The Balaban J connectivity index is 0.000000181. The lowest BCUT2D eigenvalue weighted by Gasteiger charge is -2.06. The van der Waals surface area contributed by atoms with Gasteiger partial charge in [-0.2, -0.15) is 26.3 Å². The molecule has 2 nitrogen and oxygen atoms in total. The quantitative estimate of drug-likeness (QED) is 0.412. The van der Waals surface area contributed by atoms with Crippen LogP contribution < -0.4 is 0 Å². The van der Waals surface area contributed by atoms with Crippen LogP contribution in [-0.4, -0.2) is 12.9 Å². The van der Waals surface area contributed by atoms with E-state index < -0.39 is 23.5 Å². The van der Waals surface area contributed by atoms with E-state index in [1.807, 2.05) is 0 Å². The molecule has 2 aromatic carbocycles. The first-order chi connectivity index (χ1) is 11.6. The molecule has 0 N–H and O–H groups in total. The zero-order valence-corrected chi connectivity index (χ0v) is 12.6. The minimum absolute atomic E-state index is 0.0160. The first-order valence-corrected chi connectivity index (χ1v) is 7.02. The summed E-state index contributed by atoms with van der Waals surface area (Å²) in [4.78, 5) is 10.1. The van der Waals surface area contributed by atoms with Crippen LogP contribution in [0.5, 0.6) is 0 Å². The number of alkyl halides is 6. The highest BCUT2D eigenvalue weighted by atomic mass is 19.4. The van der Waals surface area contributed by atoms with Gasteiger partial charge < -0.3 is 4.74 Å². The fraction of sp³-hybridized carbons (Fsp3) is 0.235. The molecule has 0 bridgehead atoms. The van der Waals surface area contributed by atoms with Crippen LogP contribution in [0.15, 0.2) is 48.5 Å². The van der Waals surface area contributed by atoms with E-state index in [9.17, 15) is 31.1 Å². The zero-order chi connectivity index (χ0) is 18.7. The Morgan fingerprint density at radius 3 is 1.52 bits per heavy atom. The predicted molar refractivity (Wildman–Crippen MR) is 77.0 cm³/mol. The molecule has 2 aromatic rings. The van der Waals surface area contributed by atoms with Crippen molar-refractivity contribution in [3.8, 4) is 0 Å². The SMILES string of the molecule is FC(F)(F)c1ccc(C2CO2)cc1.O=Cc1ccc(C(F)(F)F)cc1. The Kier molecular flexibility index (Phi) is 5.52. The fourth-order valence-corrected chi connectivity index (χ4v) is 1.88. The van der Waals surface area contributed by atoms with Crippen molar-refractivity contribution < 1.29 is 35.9 Å². The van der Waals surface area contributed by atoms with Crippen molar-refractivity contribution in [3.63, 3.8) is 0 Å². The molecule has 134 valence electrons. The molecule has 1 aliphatic rings. The number of rotatable bonds is 2. The summed E-state index contributed by atoms with van der Waals surface area (Å²) >= 11 is 0. The Bertz CT molecular complexity index is 698. The van der Waals surface area contributed by atoms with E-state index in [1.165, 1.54) is 12.1 Å². The summed E-state index contributed by atoms with van der Waals surface area (Å²) in [6, 6.07) is 9.11. The third kappa shape index (κ3) is 5.60. The van der Waals surface area contributed by atoms with E-state index in [0.717, 1.165) is 42.0 Å². The molecule has 0 spiro atoms. The highest BCUT2D eigenvalue weighted by Gasteiger charge is 2.31. The molecule has 0 saturated carbocycles. The van der Waals surface area contributed by atoms with Crippen molar-refractivity contribution in [3.05, 3.63) is 70.8 Å². The van der Waals surface area contributed by atoms with E-state index >= 15 is 0 Å². The number of carbonyl (C=O) groups is 1. The molecule has 8 heteroatoms. The molecule has 25 heavy (non-hydrogen) atoms. The second-order valence-corrected chi connectivity index (χ2v) is 5.18. The molecule has 1 heterocycles. The smallest absolute Gasteiger partial charge is 0.368 e. The molecule has 0 aliphatic carbocycles. The van der Waals surface area contributed by atoms with Gasteiger partial charge in [0.25, 0.3) is 0 Å². The number of ether oxygens (including phenoxy) is 1. The number of hydrogen-bond donors (Lipinski definition) is 0. The number of benzene rings is 2. The van der Waals surface area contributed by atoms with Gasteiger partial charge in [-0.25, -0.2) is 0 Å². The Labute approximate surface area is 139 Å². The maximum Gasteiger partial charge on any atom is 0.416 e. The molecular weight excluding hydrogens is 350 g/mol. The first-order valence-electron chi connectivity index (χ1n) is 7.02. The molecule has 0 amide bonds. The lowest BCUT2D eigenvalue weighted by atomic mass is 10.1. The zero-order valence-electron chi connectivity index (χ0n) is 12.6. The Hall–Kier alpha value is -2.35. The highest BCUT2D eigenvalue weighted by Crippen LogP contribution is 2.33. The van der Waals surface area contributed by atoms with Gasteiger partial charge in [-0.3, -0.25) is 4.79 Å². The average molecular weight is 362 g/mol. The van der Waals surface area contributed by atoms with Crippen molar-refractivity contribution in [2.45, 2.75) is 18.5 Å². The predicted octanol–water partition coefficient (Wildman–Crippen LogP) is 5.29. The third-order valence-electron chi connectivity index (χ3n) is 3.32. The standard InChI is InChI=1S/C9H7F3O.C8H5F3O/c10-9(11,12)7-3-1-6(2-4-7)8-5-13-8;9-8(10,11)7-3-1-6(5-12)2-4-7/h1-4,8H,5H2;1-5H. The summed E-state index contributed by atoms with van der Waals surface area (Å²) in [5, 5.41) is 0. The minimum atomic E-state index is -4.33. The van der Waals surface area contributed by atoms with Gasteiger partial charge in [0.15, 0.2) is 0 Å². The van der Waals surface area contributed by atoms with Gasteiger partial charge in [-0.15, -0.1) is 0 Å². The number of hydrogen-bond acceptors (Lipinski definition) is 2. The normalized spacial score (nSPS) is 16.6. The van der Waals surface area contributed by atoms with Crippen LogP contribution >= 0.6 is 0 Å². The third-order valence-corrected chi connectivity index (χ3v) is 3.32. The molecule has 1 aliphatic heterocycles. The number of carbonyl (C=O) groups excluding carboxylic acids is 1. The van der Waals surface area contributed by atoms with E-state index in [-0.39, 0.29) is 11.7 Å². The van der Waals surface area contributed by atoms with Gasteiger partial charge in [-0.05, 0) is 29.8 Å². The monoisotopic (exact) mass is 362 g/mol. The number of halogens is 6. The minimum Gasteiger partial charge on any atom is -0.368 e. The van der Waals surface area contributed by atoms with Gasteiger partial charge >= 0.3 is 12.4 Å². The maximum absolute atomic E-state index is 12.1. The van der Waals surface area contributed by atoms with E-state index in [0.29, 0.717) is 12.9 Å². The van der Waals surface area contributed by atoms with Gasteiger partial charge in [0.1, 0.15) is 12.4 Å². The van der Waals surface area contributed by atoms with Crippen LogP contribution in [0, 0.1) is 0 Å². The van der Waals surface area contributed by atoms with E-state index in [4.69, 9.17) is 4.74 Å².